The van der Waals surface area contributed by atoms with Crippen LogP contribution in [0.2, 0.25) is 25.7 Å². The number of aromatic nitrogens is 3. The molecule has 8 nitrogen and oxygen atoms in total. The van der Waals surface area contributed by atoms with E-state index >= 15 is 0 Å². The smallest absolute Gasteiger partial charge is 0.205 e. The van der Waals surface area contributed by atoms with Crippen molar-refractivity contribution in [2.45, 2.75) is 75.1 Å². The van der Waals surface area contributed by atoms with Crippen LogP contribution in [0.15, 0.2) is 23.5 Å². The fraction of sp³-hybridized carbons (Fsp3) is 0.520. The molecule has 0 radical (unpaired) electrons. The molecule has 0 bridgehead atoms. The average molecular weight is 589 g/mol. The maximum atomic E-state index is 14.4. The average Bonchev–Trinajstić information content (AvgIpc) is 3.27. The van der Waals surface area contributed by atoms with Gasteiger partial charge in [-0.25, -0.2) is 27.2 Å². The molecule has 1 fully saturated rings. The molecule has 2 heterocycles. The highest BCUT2D eigenvalue weighted by atomic mass is 32.2. The number of hydrogen-bond acceptors (Lipinski definition) is 7. The van der Waals surface area contributed by atoms with Crippen LogP contribution in [0.3, 0.4) is 0 Å². The Morgan fingerprint density at radius 1 is 1.03 bits per heavy atom. The minimum absolute atomic E-state index is 0.0323. The van der Waals surface area contributed by atoms with Crippen molar-refractivity contribution in [3.63, 3.8) is 0 Å². The number of ether oxygens (including phenoxy) is 2. The SMILES string of the molecule is C[Si](C)(C)CCOCn1ccc2c(NC3CCC(Oc4c(F)c(F)c(S(C)(=O)=O)c(F)c4F)CC3)ncnc21. The Morgan fingerprint density at radius 3 is 2.26 bits per heavy atom. The lowest BCUT2D eigenvalue weighted by Gasteiger charge is -2.30. The summed E-state index contributed by atoms with van der Waals surface area (Å²) in [4.78, 5) is 7.10. The first-order chi connectivity index (χ1) is 18.3. The lowest BCUT2D eigenvalue weighted by molar-refractivity contribution is 0.0899. The summed E-state index contributed by atoms with van der Waals surface area (Å²) in [7, 11) is -5.72. The van der Waals surface area contributed by atoms with Crippen molar-refractivity contribution in [3.8, 4) is 5.75 Å². The number of rotatable bonds is 10. The number of sulfone groups is 1. The molecule has 0 saturated heterocycles. The molecule has 1 aliphatic rings. The Bertz CT molecular complexity index is 1430. The summed E-state index contributed by atoms with van der Waals surface area (Å²) in [5, 5.41) is 4.21. The van der Waals surface area contributed by atoms with Crippen LogP contribution in [0.1, 0.15) is 25.7 Å². The predicted molar refractivity (Wildman–Crippen MR) is 141 cm³/mol. The summed E-state index contributed by atoms with van der Waals surface area (Å²) in [5.41, 5.74) is 0.727. The van der Waals surface area contributed by atoms with E-state index in [0.717, 1.165) is 17.1 Å². The molecule has 4 rings (SSSR count). The van der Waals surface area contributed by atoms with Crippen molar-refractivity contribution in [2.24, 2.45) is 0 Å². The van der Waals surface area contributed by atoms with Crippen LogP contribution in [-0.4, -0.2) is 56.0 Å². The molecule has 1 saturated carbocycles. The molecule has 214 valence electrons. The minimum Gasteiger partial charge on any atom is -0.484 e. The van der Waals surface area contributed by atoms with Crippen LogP contribution in [0.4, 0.5) is 23.4 Å². The van der Waals surface area contributed by atoms with Crippen LogP contribution in [0.25, 0.3) is 11.0 Å². The number of fused-ring (bicyclic) bond motifs is 1. The molecule has 0 spiro atoms. The van der Waals surface area contributed by atoms with Gasteiger partial charge in [0, 0.05) is 33.2 Å². The quantitative estimate of drug-likeness (QED) is 0.145. The maximum Gasteiger partial charge on any atom is 0.205 e. The second-order valence-corrected chi connectivity index (χ2v) is 18.6. The Hall–Kier alpha value is -2.71. The van der Waals surface area contributed by atoms with E-state index in [1.54, 1.807) is 0 Å². The van der Waals surface area contributed by atoms with Gasteiger partial charge >= 0.3 is 0 Å². The molecule has 1 aromatic carbocycles. The Labute approximate surface area is 225 Å². The number of halogens is 4. The van der Waals surface area contributed by atoms with Crippen LogP contribution in [-0.2, 0) is 21.3 Å². The second-order valence-electron chi connectivity index (χ2n) is 11.0. The van der Waals surface area contributed by atoms with Crippen molar-refractivity contribution in [1.29, 1.82) is 0 Å². The molecular formula is C25H32F4N4O4SSi. The largest absolute Gasteiger partial charge is 0.484 e. The van der Waals surface area contributed by atoms with E-state index in [1.807, 2.05) is 16.8 Å². The van der Waals surface area contributed by atoms with Gasteiger partial charge in [-0.3, -0.25) is 0 Å². The van der Waals surface area contributed by atoms with E-state index < -0.39 is 57.9 Å². The number of nitrogens with one attached hydrogen (secondary N) is 1. The van der Waals surface area contributed by atoms with Crippen LogP contribution >= 0.6 is 0 Å². The molecule has 14 heteroatoms. The summed E-state index contributed by atoms with van der Waals surface area (Å²) in [6.07, 6.45) is 4.86. The van der Waals surface area contributed by atoms with Gasteiger partial charge in [0.2, 0.25) is 11.6 Å². The third-order valence-corrected chi connectivity index (χ3v) is 9.44. The first kappa shape index (κ1) is 29.3. The number of anilines is 1. The van der Waals surface area contributed by atoms with Crippen molar-refractivity contribution in [1.82, 2.24) is 14.5 Å². The Morgan fingerprint density at radius 2 is 1.67 bits per heavy atom. The third kappa shape index (κ3) is 6.72. The molecule has 0 unspecified atom stereocenters. The highest BCUT2D eigenvalue weighted by Gasteiger charge is 2.34. The number of hydrogen-bond donors (Lipinski definition) is 1. The van der Waals surface area contributed by atoms with E-state index in [-0.39, 0.29) is 6.04 Å². The lowest BCUT2D eigenvalue weighted by atomic mass is 9.93. The zero-order valence-corrected chi connectivity index (χ0v) is 24.0. The van der Waals surface area contributed by atoms with Gasteiger partial charge < -0.3 is 19.4 Å². The predicted octanol–water partition coefficient (Wildman–Crippen LogP) is 5.51. The molecule has 0 atom stereocenters. The summed E-state index contributed by atoms with van der Waals surface area (Å²) >= 11 is 0. The molecule has 3 aromatic rings. The van der Waals surface area contributed by atoms with Crippen molar-refractivity contribution < 1.29 is 35.5 Å². The molecule has 1 N–H and O–H groups in total. The van der Waals surface area contributed by atoms with Crippen LogP contribution < -0.4 is 10.1 Å². The number of benzene rings is 1. The van der Waals surface area contributed by atoms with Crippen LogP contribution in [0.5, 0.6) is 5.75 Å². The van der Waals surface area contributed by atoms with E-state index in [2.05, 4.69) is 34.9 Å². The van der Waals surface area contributed by atoms with Gasteiger partial charge in [0.25, 0.3) is 0 Å². The summed E-state index contributed by atoms with van der Waals surface area (Å²) in [5.74, 6) is -8.34. The van der Waals surface area contributed by atoms with Crippen molar-refractivity contribution in [3.05, 3.63) is 41.9 Å². The van der Waals surface area contributed by atoms with Gasteiger partial charge in [0.1, 0.15) is 29.4 Å². The van der Waals surface area contributed by atoms with Crippen molar-refractivity contribution >= 4 is 34.8 Å². The highest BCUT2D eigenvalue weighted by molar-refractivity contribution is 7.90. The van der Waals surface area contributed by atoms with Gasteiger partial charge in [-0.2, -0.15) is 8.78 Å². The van der Waals surface area contributed by atoms with Gasteiger partial charge in [-0.1, -0.05) is 19.6 Å². The van der Waals surface area contributed by atoms with E-state index in [0.29, 0.717) is 51.1 Å². The normalized spacial score (nSPS) is 18.5. The minimum atomic E-state index is -4.53. The van der Waals surface area contributed by atoms with E-state index in [1.165, 1.54) is 6.33 Å². The summed E-state index contributed by atoms with van der Waals surface area (Å²) in [6.45, 7) is 7.94. The topological polar surface area (TPSA) is 95.3 Å². The fourth-order valence-corrected chi connectivity index (χ4v) is 6.06. The monoisotopic (exact) mass is 588 g/mol. The molecule has 0 aliphatic heterocycles. The Kier molecular flexibility index (Phi) is 8.57. The maximum absolute atomic E-state index is 14.4. The zero-order valence-electron chi connectivity index (χ0n) is 22.2. The first-order valence-electron chi connectivity index (χ1n) is 12.6. The highest BCUT2D eigenvalue weighted by Crippen LogP contribution is 2.35. The molecule has 39 heavy (non-hydrogen) atoms. The lowest BCUT2D eigenvalue weighted by Crippen LogP contribution is -2.32. The third-order valence-electron chi connectivity index (χ3n) is 6.64. The van der Waals surface area contributed by atoms with Gasteiger partial charge in [-0.05, 0) is 37.8 Å². The van der Waals surface area contributed by atoms with Gasteiger partial charge in [0.15, 0.2) is 27.2 Å². The molecule has 2 aromatic heterocycles. The standard InChI is InChI=1S/C25H32F4N4O4SSi/c1-38(34,35)23-20(28)18(26)22(19(27)21(23)29)37-16-7-5-15(6-8-16)32-24-17-9-10-33(25(17)31-13-30-24)14-36-11-12-39(2,3)4/h9-10,13,15-16H,5-8,11-12,14H2,1-4H3,(H,30,31,32). The first-order valence-corrected chi connectivity index (χ1v) is 18.2. The summed E-state index contributed by atoms with van der Waals surface area (Å²) < 4.78 is 93.6. The fourth-order valence-electron chi connectivity index (χ4n) is 4.47. The Balaban J connectivity index is 1.38. The zero-order chi connectivity index (χ0) is 28.5. The molecule has 0 amide bonds. The van der Waals surface area contributed by atoms with Crippen molar-refractivity contribution in [2.75, 3.05) is 18.2 Å². The second kappa shape index (κ2) is 11.4. The van der Waals surface area contributed by atoms with E-state index in [9.17, 15) is 26.0 Å². The van der Waals surface area contributed by atoms with Gasteiger partial charge in [-0.15, -0.1) is 0 Å². The van der Waals surface area contributed by atoms with Gasteiger partial charge in [0.05, 0.1) is 11.5 Å². The van der Waals surface area contributed by atoms with Crippen LogP contribution in [0, 0.1) is 23.3 Å². The molecule has 1 aliphatic carbocycles. The number of nitrogens with zero attached hydrogens (tertiary/aromatic N) is 3. The summed E-state index contributed by atoms with van der Waals surface area (Å²) in [6, 6.07) is 2.94. The molecular weight excluding hydrogens is 556 g/mol. The van der Waals surface area contributed by atoms with E-state index in [4.69, 9.17) is 9.47 Å².